The Morgan fingerprint density at radius 3 is 2.73 bits per heavy atom. The zero-order valence-electron chi connectivity index (χ0n) is 20.3. The Hall–Kier alpha value is -3.87. The molecular weight excluding hydrogens is 515 g/mol. The van der Waals surface area contributed by atoms with Gasteiger partial charge in [-0.05, 0) is 44.2 Å². The Balaban J connectivity index is 1.45. The second-order valence-corrected chi connectivity index (χ2v) is 8.92. The molecule has 0 fully saturated rings. The van der Waals surface area contributed by atoms with Crippen molar-refractivity contribution in [1.29, 1.82) is 0 Å². The third-order valence-corrected chi connectivity index (χ3v) is 6.27. The van der Waals surface area contributed by atoms with Gasteiger partial charge in [0, 0.05) is 18.0 Å². The number of nitrogens with one attached hydrogen (secondary N) is 4. The summed E-state index contributed by atoms with van der Waals surface area (Å²) in [5.74, 6) is -0.773. The summed E-state index contributed by atoms with van der Waals surface area (Å²) >= 11 is 6.56. The molecule has 1 unspecified atom stereocenters. The third-order valence-electron chi connectivity index (χ3n) is 5.86. The molecule has 4 N–H and O–H groups in total. The molecule has 0 bridgehead atoms. The first kappa shape index (κ1) is 26.2. The lowest BCUT2D eigenvalue weighted by Gasteiger charge is -2.34. The Labute approximate surface area is 215 Å². The Bertz CT molecular complexity index is 1350. The zero-order chi connectivity index (χ0) is 27.0. The van der Waals surface area contributed by atoms with Gasteiger partial charge in [-0.2, -0.15) is 23.4 Å². The molecule has 3 aromatic rings. The molecule has 2 heterocycles. The number of hydrazone groups is 1. The molecule has 0 saturated heterocycles. The minimum Gasteiger partial charge on any atom is -0.493 e. The van der Waals surface area contributed by atoms with Crippen LogP contribution >= 0.6 is 11.6 Å². The highest BCUT2D eigenvalue weighted by Gasteiger charge is 2.38. The van der Waals surface area contributed by atoms with Gasteiger partial charge in [0.2, 0.25) is 5.79 Å². The van der Waals surface area contributed by atoms with E-state index in [1.165, 1.54) is 7.11 Å². The molecule has 0 radical (unpaired) electrons. The van der Waals surface area contributed by atoms with Gasteiger partial charge in [-0.3, -0.25) is 14.9 Å². The molecule has 14 heteroatoms. The number of nitrogens with zero attached hydrogens (tertiary/aromatic N) is 3. The van der Waals surface area contributed by atoms with Crippen molar-refractivity contribution in [2.75, 3.05) is 26.1 Å². The molecule has 0 aliphatic carbocycles. The minimum absolute atomic E-state index is 0.189. The van der Waals surface area contributed by atoms with Crippen LogP contribution in [-0.2, 0) is 4.79 Å². The number of amidine groups is 1. The molecule has 0 saturated carbocycles. The number of carbonyl (C=O) groups excluding carboxylic acids is 1. The van der Waals surface area contributed by atoms with E-state index in [4.69, 9.17) is 21.1 Å². The second kappa shape index (κ2) is 9.88. The maximum Gasteiger partial charge on any atom is 0.408 e. The smallest absolute Gasteiger partial charge is 0.408 e. The van der Waals surface area contributed by atoms with Crippen LogP contribution in [0.15, 0.2) is 41.6 Å². The minimum atomic E-state index is -4.54. The number of benzene rings is 2. The van der Waals surface area contributed by atoms with E-state index in [1.807, 2.05) is 24.4 Å². The molecule has 4 rings (SSSR count). The van der Waals surface area contributed by atoms with Crippen LogP contribution < -0.4 is 25.4 Å². The normalized spacial score (nSPS) is 18.3. The van der Waals surface area contributed by atoms with Crippen LogP contribution in [0.4, 0.5) is 18.9 Å². The van der Waals surface area contributed by atoms with Gasteiger partial charge in [0.05, 0.1) is 29.5 Å². The second-order valence-electron chi connectivity index (χ2n) is 8.54. The van der Waals surface area contributed by atoms with Gasteiger partial charge >= 0.3 is 6.18 Å². The number of fused-ring (bicyclic) bond motifs is 1. The van der Waals surface area contributed by atoms with E-state index in [9.17, 15) is 18.0 Å². The molecule has 1 amide bonds. The van der Waals surface area contributed by atoms with Gasteiger partial charge in [-0.15, -0.1) is 0 Å². The molecule has 37 heavy (non-hydrogen) atoms. The van der Waals surface area contributed by atoms with Crippen molar-refractivity contribution < 1.29 is 27.4 Å². The van der Waals surface area contributed by atoms with Crippen molar-refractivity contribution in [3.05, 3.63) is 47.1 Å². The highest BCUT2D eigenvalue weighted by molar-refractivity contribution is 6.38. The van der Waals surface area contributed by atoms with Crippen LogP contribution in [0.3, 0.4) is 0 Å². The van der Waals surface area contributed by atoms with Crippen LogP contribution in [0.5, 0.6) is 11.5 Å². The first-order valence-corrected chi connectivity index (χ1v) is 11.5. The molecule has 2 atom stereocenters. The molecule has 1 aromatic heterocycles. The lowest BCUT2D eigenvalue weighted by molar-refractivity contribution is -0.158. The summed E-state index contributed by atoms with van der Waals surface area (Å²) in [5, 5.41) is 23.0. The molecular formula is C23H25ClF3N7O3. The fourth-order valence-corrected chi connectivity index (χ4v) is 3.87. The van der Waals surface area contributed by atoms with E-state index < -0.39 is 30.5 Å². The lowest BCUT2D eigenvalue weighted by Crippen LogP contribution is -2.55. The summed E-state index contributed by atoms with van der Waals surface area (Å²) in [7, 11) is 3.19. The largest absolute Gasteiger partial charge is 0.493 e. The van der Waals surface area contributed by atoms with Crippen LogP contribution in [0.2, 0.25) is 5.02 Å². The Morgan fingerprint density at radius 1 is 1.27 bits per heavy atom. The maximum absolute atomic E-state index is 12.6. The van der Waals surface area contributed by atoms with E-state index in [-0.39, 0.29) is 11.5 Å². The number of hydrogen-bond donors (Lipinski definition) is 4. The number of carbonyl (C=O) groups is 1. The van der Waals surface area contributed by atoms with E-state index in [0.717, 1.165) is 17.8 Å². The number of aromatic amines is 1. The Kier molecular flexibility index (Phi) is 7.00. The summed E-state index contributed by atoms with van der Waals surface area (Å²) in [6, 6.07) is 6.58. The Morgan fingerprint density at radius 2 is 2.03 bits per heavy atom. The van der Waals surface area contributed by atoms with E-state index in [0.29, 0.717) is 22.1 Å². The fourth-order valence-electron chi connectivity index (χ4n) is 3.61. The fraction of sp³-hybridized carbons (Fsp3) is 0.348. The summed E-state index contributed by atoms with van der Waals surface area (Å²) in [6.07, 6.45) is -2.90. The average molecular weight is 540 g/mol. The van der Waals surface area contributed by atoms with Crippen LogP contribution in [0.25, 0.3) is 10.9 Å². The maximum atomic E-state index is 12.6. The topological polar surface area (TPSA) is 116 Å². The van der Waals surface area contributed by atoms with Gasteiger partial charge in [0.25, 0.3) is 5.91 Å². The van der Waals surface area contributed by atoms with Gasteiger partial charge in [-0.25, -0.2) is 0 Å². The van der Waals surface area contributed by atoms with Gasteiger partial charge in [0.1, 0.15) is 6.04 Å². The quantitative estimate of drug-likeness (QED) is 0.345. The first-order chi connectivity index (χ1) is 17.4. The lowest BCUT2D eigenvalue weighted by atomic mass is 10.1. The van der Waals surface area contributed by atoms with Gasteiger partial charge in [-0.1, -0.05) is 11.6 Å². The number of hydrogen-bond acceptors (Lipinski definition) is 8. The van der Waals surface area contributed by atoms with Crippen molar-refractivity contribution in [1.82, 2.24) is 25.8 Å². The summed E-state index contributed by atoms with van der Waals surface area (Å²) in [6.45, 7) is 2.13. The molecule has 0 spiro atoms. The number of anilines is 1. The molecule has 1 aliphatic heterocycles. The third kappa shape index (κ3) is 5.45. The van der Waals surface area contributed by atoms with Crippen molar-refractivity contribution in [2.24, 2.45) is 5.10 Å². The molecule has 198 valence electrons. The van der Waals surface area contributed by atoms with Crippen LogP contribution in [0.1, 0.15) is 19.4 Å². The van der Waals surface area contributed by atoms with Crippen molar-refractivity contribution in [2.45, 2.75) is 31.9 Å². The highest BCUT2D eigenvalue weighted by Crippen LogP contribution is 2.34. The highest BCUT2D eigenvalue weighted by atomic mass is 35.5. The number of rotatable bonds is 8. The molecule has 10 nitrogen and oxygen atoms in total. The number of aromatic nitrogens is 2. The van der Waals surface area contributed by atoms with E-state index in [2.05, 4.69) is 25.9 Å². The molecule has 1 aliphatic rings. The summed E-state index contributed by atoms with van der Waals surface area (Å²) in [5.41, 5.74) is 2.13. The van der Waals surface area contributed by atoms with Gasteiger partial charge in [0.15, 0.2) is 23.9 Å². The standard InChI is InChI=1S/C23H25ClF3N7O3/c1-12(23(25,26)27)29-19(35)11-37-17-8-5-13(9-18(17)36-4)21-31-22(2,34(3)33-21)30-16-7-6-15-14(20(16)24)10-28-32-15/h5-10,12,30H,11H2,1-4H3,(H,28,32)(H,29,35)(H,31,33)/t12-,22?/m1/s1. The predicted molar refractivity (Wildman–Crippen MR) is 133 cm³/mol. The van der Waals surface area contributed by atoms with Crippen molar-refractivity contribution >= 4 is 39.9 Å². The van der Waals surface area contributed by atoms with Crippen molar-refractivity contribution in [3.63, 3.8) is 0 Å². The molecule has 2 aromatic carbocycles. The van der Waals surface area contributed by atoms with Crippen LogP contribution in [0, 0.1) is 0 Å². The van der Waals surface area contributed by atoms with Crippen LogP contribution in [-0.4, -0.2) is 65.7 Å². The summed E-state index contributed by atoms with van der Waals surface area (Å²) < 4.78 is 48.7. The van der Waals surface area contributed by atoms with E-state index >= 15 is 0 Å². The predicted octanol–water partition coefficient (Wildman–Crippen LogP) is 3.65. The first-order valence-electron chi connectivity index (χ1n) is 11.1. The number of alkyl halides is 3. The SMILES string of the molecule is COc1cc(C2=NN(C)C(C)(Nc3ccc4[nH]ncc4c3Cl)N2)ccc1OCC(=O)N[C@H](C)C(F)(F)F. The monoisotopic (exact) mass is 539 g/mol. The number of halogens is 4. The number of ether oxygens (including phenoxy) is 2. The summed E-state index contributed by atoms with van der Waals surface area (Å²) in [4.78, 5) is 11.9. The number of H-pyrrole nitrogens is 1. The van der Waals surface area contributed by atoms with Gasteiger partial charge < -0.3 is 25.4 Å². The number of amides is 1. The van der Waals surface area contributed by atoms with E-state index in [1.54, 1.807) is 36.5 Å². The average Bonchev–Trinajstić information content (AvgIpc) is 3.44. The van der Waals surface area contributed by atoms with Crippen molar-refractivity contribution in [3.8, 4) is 11.5 Å². The zero-order valence-corrected chi connectivity index (χ0v) is 21.1. The number of methoxy groups -OCH3 is 1.